The largest absolute Gasteiger partial charge is 0.480 e. The molecule has 0 aliphatic heterocycles. The summed E-state index contributed by atoms with van der Waals surface area (Å²) in [4.78, 5) is 26.6. The minimum atomic E-state index is -0.932. The van der Waals surface area contributed by atoms with Crippen molar-refractivity contribution in [3.63, 3.8) is 0 Å². The van der Waals surface area contributed by atoms with Gasteiger partial charge in [-0.05, 0) is 25.7 Å². The summed E-state index contributed by atoms with van der Waals surface area (Å²) in [5.74, 6) is -0.436. The van der Waals surface area contributed by atoms with Gasteiger partial charge in [0.2, 0.25) is 0 Å². The molecule has 0 atom stereocenters. The summed E-state index contributed by atoms with van der Waals surface area (Å²) in [5, 5.41) is 8.93. The molecule has 0 heterocycles. The van der Waals surface area contributed by atoms with Crippen LogP contribution in [0.15, 0.2) is 0 Å². The SMILES string of the molecule is CCC(CC)CN(CC)C(=O)N(CC(=O)O)C1CC1. The molecule has 0 unspecified atom stereocenters. The third kappa shape index (κ3) is 4.73. The van der Waals surface area contributed by atoms with E-state index in [-0.39, 0.29) is 18.6 Å². The average Bonchev–Trinajstić information content (AvgIpc) is 3.21. The van der Waals surface area contributed by atoms with Crippen molar-refractivity contribution in [3.05, 3.63) is 0 Å². The normalized spacial score (nSPS) is 14.5. The summed E-state index contributed by atoms with van der Waals surface area (Å²) < 4.78 is 0. The minimum Gasteiger partial charge on any atom is -0.480 e. The number of amides is 2. The highest BCUT2D eigenvalue weighted by molar-refractivity contribution is 5.80. The highest BCUT2D eigenvalue weighted by Gasteiger charge is 2.36. The Kier molecular flexibility index (Phi) is 6.12. The van der Waals surface area contributed by atoms with E-state index in [4.69, 9.17) is 5.11 Å². The van der Waals surface area contributed by atoms with E-state index in [0.717, 1.165) is 32.2 Å². The second kappa shape index (κ2) is 7.36. The highest BCUT2D eigenvalue weighted by Crippen LogP contribution is 2.28. The van der Waals surface area contributed by atoms with E-state index < -0.39 is 5.97 Å². The second-order valence-electron chi connectivity index (χ2n) is 5.26. The second-order valence-corrected chi connectivity index (χ2v) is 5.26. The lowest BCUT2D eigenvalue weighted by molar-refractivity contribution is -0.137. The van der Waals surface area contributed by atoms with Crippen LogP contribution in [0.4, 0.5) is 4.79 Å². The molecule has 0 saturated heterocycles. The van der Waals surface area contributed by atoms with Gasteiger partial charge < -0.3 is 14.9 Å². The predicted octanol–water partition coefficient (Wildman–Crippen LogP) is 2.41. The van der Waals surface area contributed by atoms with Crippen LogP contribution in [0.2, 0.25) is 0 Å². The van der Waals surface area contributed by atoms with Gasteiger partial charge in [-0.25, -0.2) is 4.79 Å². The Balaban J connectivity index is 2.66. The number of carboxylic acid groups (broad SMARTS) is 1. The maximum Gasteiger partial charge on any atom is 0.323 e. The van der Waals surface area contributed by atoms with E-state index in [1.807, 2.05) is 6.92 Å². The first kappa shape index (κ1) is 15.8. The van der Waals surface area contributed by atoms with E-state index in [0.29, 0.717) is 12.5 Å². The lowest BCUT2D eigenvalue weighted by atomic mass is 10.0. The van der Waals surface area contributed by atoms with Crippen molar-refractivity contribution in [1.29, 1.82) is 0 Å². The van der Waals surface area contributed by atoms with Gasteiger partial charge in [0, 0.05) is 19.1 Å². The fourth-order valence-electron chi connectivity index (χ4n) is 2.27. The molecule has 19 heavy (non-hydrogen) atoms. The lowest BCUT2D eigenvalue weighted by Crippen LogP contribution is -2.47. The number of carbonyl (C=O) groups is 2. The molecule has 1 aliphatic carbocycles. The minimum absolute atomic E-state index is 0.112. The van der Waals surface area contributed by atoms with Gasteiger partial charge in [0.15, 0.2) is 0 Å². The summed E-state index contributed by atoms with van der Waals surface area (Å²) in [6, 6.07) is 0.0265. The Morgan fingerprint density at radius 3 is 2.16 bits per heavy atom. The molecule has 5 nitrogen and oxygen atoms in total. The van der Waals surface area contributed by atoms with Crippen molar-refractivity contribution in [2.75, 3.05) is 19.6 Å². The van der Waals surface area contributed by atoms with Crippen molar-refractivity contribution < 1.29 is 14.7 Å². The quantitative estimate of drug-likeness (QED) is 0.736. The Morgan fingerprint density at radius 1 is 1.21 bits per heavy atom. The summed E-state index contributed by atoms with van der Waals surface area (Å²) in [6.07, 6.45) is 3.95. The number of hydrogen-bond donors (Lipinski definition) is 1. The zero-order valence-electron chi connectivity index (χ0n) is 12.3. The molecule has 1 aliphatic rings. The number of aliphatic carboxylic acids is 1. The Bertz CT molecular complexity index is 312. The average molecular weight is 270 g/mol. The molecule has 0 aromatic rings. The first-order valence-corrected chi connectivity index (χ1v) is 7.30. The van der Waals surface area contributed by atoms with Gasteiger partial charge in [-0.15, -0.1) is 0 Å². The van der Waals surface area contributed by atoms with E-state index in [9.17, 15) is 9.59 Å². The number of nitrogens with zero attached hydrogens (tertiary/aromatic N) is 2. The molecule has 0 aromatic heterocycles. The van der Waals surface area contributed by atoms with Gasteiger partial charge in [-0.1, -0.05) is 26.7 Å². The summed E-state index contributed by atoms with van der Waals surface area (Å²) in [6.45, 7) is 7.39. The van der Waals surface area contributed by atoms with Crippen molar-refractivity contribution in [2.45, 2.75) is 52.5 Å². The van der Waals surface area contributed by atoms with E-state index in [1.165, 1.54) is 4.90 Å². The smallest absolute Gasteiger partial charge is 0.323 e. The van der Waals surface area contributed by atoms with Crippen molar-refractivity contribution >= 4 is 12.0 Å². The number of carbonyl (C=O) groups excluding carboxylic acids is 1. The van der Waals surface area contributed by atoms with Gasteiger partial charge in [-0.3, -0.25) is 4.79 Å². The van der Waals surface area contributed by atoms with Gasteiger partial charge in [0.25, 0.3) is 0 Å². The van der Waals surface area contributed by atoms with Crippen LogP contribution in [0.5, 0.6) is 0 Å². The van der Waals surface area contributed by atoms with Gasteiger partial charge in [-0.2, -0.15) is 0 Å². The standard InChI is InChI=1S/C14H26N2O3/c1-4-11(5-2)9-15(6-3)14(19)16(10-13(17)18)12-7-8-12/h11-12H,4-10H2,1-3H3,(H,17,18). The molecule has 1 saturated carbocycles. The molecule has 1 N–H and O–H groups in total. The molecule has 110 valence electrons. The van der Waals surface area contributed by atoms with Crippen LogP contribution in [0.1, 0.15) is 46.5 Å². The molecule has 0 spiro atoms. The zero-order chi connectivity index (χ0) is 14.4. The summed E-state index contributed by atoms with van der Waals surface area (Å²) in [7, 11) is 0. The van der Waals surface area contributed by atoms with Crippen LogP contribution in [0.25, 0.3) is 0 Å². The molecule has 2 amide bonds. The molecular formula is C14H26N2O3. The maximum atomic E-state index is 12.4. The summed E-state index contributed by atoms with van der Waals surface area (Å²) in [5.41, 5.74) is 0. The molecule has 5 heteroatoms. The fraction of sp³-hybridized carbons (Fsp3) is 0.857. The number of carboxylic acids is 1. The first-order chi connectivity index (χ1) is 9.03. The Morgan fingerprint density at radius 2 is 1.79 bits per heavy atom. The molecule has 1 fully saturated rings. The van der Waals surface area contributed by atoms with Crippen LogP contribution in [0.3, 0.4) is 0 Å². The molecule has 1 rings (SSSR count). The van der Waals surface area contributed by atoms with Crippen molar-refractivity contribution in [1.82, 2.24) is 9.80 Å². The van der Waals surface area contributed by atoms with Crippen molar-refractivity contribution in [2.24, 2.45) is 5.92 Å². The molecule has 0 aromatic carbocycles. The van der Waals surface area contributed by atoms with Crippen LogP contribution >= 0.6 is 0 Å². The van der Waals surface area contributed by atoms with Crippen molar-refractivity contribution in [3.8, 4) is 0 Å². The summed E-state index contributed by atoms with van der Waals surface area (Å²) >= 11 is 0. The van der Waals surface area contributed by atoms with Crippen LogP contribution < -0.4 is 0 Å². The zero-order valence-corrected chi connectivity index (χ0v) is 12.3. The van der Waals surface area contributed by atoms with Crippen LogP contribution in [-0.2, 0) is 4.79 Å². The van der Waals surface area contributed by atoms with Gasteiger partial charge in [0.05, 0.1) is 0 Å². The van der Waals surface area contributed by atoms with E-state index in [1.54, 1.807) is 4.90 Å². The van der Waals surface area contributed by atoms with E-state index >= 15 is 0 Å². The highest BCUT2D eigenvalue weighted by atomic mass is 16.4. The first-order valence-electron chi connectivity index (χ1n) is 7.30. The van der Waals surface area contributed by atoms with E-state index in [2.05, 4.69) is 13.8 Å². The number of urea groups is 1. The fourth-order valence-corrected chi connectivity index (χ4v) is 2.27. The number of rotatable bonds is 8. The third-order valence-electron chi connectivity index (χ3n) is 3.82. The molecule has 0 bridgehead atoms. The van der Waals surface area contributed by atoms with Gasteiger partial charge in [0.1, 0.15) is 6.54 Å². The maximum absolute atomic E-state index is 12.4. The van der Waals surface area contributed by atoms with Gasteiger partial charge >= 0.3 is 12.0 Å². The third-order valence-corrected chi connectivity index (χ3v) is 3.82. The topological polar surface area (TPSA) is 60.9 Å². The predicted molar refractivity (Wildman–Crippen MR) is 74.1 cm³/mol. The number of hydrogen-bond acceptors (Lipinski definition) is 2. The molecular weight excluding hydrogens is 244 g/mol. The Hall–Kier alpha value is -1.26. The van der Waals surface area contributed by atoms with Crippen LogP contribution in [0, 0.1) is 5.92 Å². The lowest BCUT2D eigenvalue weighted by Gasteiger charge is -2.31. The Labute approximate surface area is 115 Å². The van der Waals surface area contributed by atoms with Crippen LogP contribution in [-0.4, -0.2) is 52.6 Å². The monoisotopic (exact) mass is 270 g/mol. The molecule has 0 radical (unpaired) electrons.